The van der Waals surface area contributed by atoms with Crippen molar-refractivity contribution in [3.05, 3.63) is 71.2 Å². The summed E-state index contributed by atoms with van der Waals surface area (Å²) in [6.45, 7) is 4.12. The number of carbonyl (C=O) groups is 1. The molecule has 2 fully saturated rings. The van der Waals surface area contributed by atoms with Crippen molar-refractivity contribution >= 4 is 27.1 Å². The molecule has 0 saturated carbocycles. The summed E-state index contributed by atoms with van der Waals surface area (Å²) >= 11 is 0. The first-order valence-electron chi connectivity index (χ1n) is 14.4. The maximum atomic E-state index is 15.3. The molecule has 1 atom stereocenters. The van der Waals surface area contributed by atoms with Crippen LogP contribution in [0.15, 0.2) is 48.7 Å². The first kappa shape index (κ1) is 32.6. The van der Waals surface area contributed by atoms with Crippen molar-refractivity contribution in [2.45, 2.75) is 24.4 Å². The van der Waals surface area contributed by atoms with E-state index < -0.39 is 44.1 Å². The summed E-state index contributed by atoms with van der Waals surface area (Å²) in [7, 11) is -0.000908. The number of pyridine rings is 1. The summed E-state index contributed by atoms with van der Waals surface area (Å²) in [6.07, 6.45) is -2.25. The Morgan fingerprint density at radius 1 is 1.07 bits per heavy atom. The summed E-state index contributed by atoms with van der Waals surface area (Å²) in [5.41, 5.74) is 0.387. The van der Waals surface area contributed by atoms with Gasteiger partial charge in [0.1, 0.15) is 5.82 Å². The average Bonchev–Trinajstić information content (AvgIpc) is 3.47. The van der Waals surface area contributed by atoms with Crippen LogP contribution in [-0.4, -0.2) is 94.0 Å². The van der Waals surface area contributed by atoms with Gasteiger partial charge in [-0.3, -0.25) is 9.69 Å². The smallest absolute Gasteiger partial charge is 0.417 e. The van der Waals surface area contributed by atoms with E-state index in [-0.39, 0.29) is 17.1 Å². The third-order valence-electron chi connectivity index (χ3n) is 8.31. The molecule has 45 heavy (non-hydrogen) atoms. The van der Waals surface area contributed by atoms with Crippen molar-refractivity contribution in [2.75, 3.05) is 69.9 Å². The highest BCUT2D eigenvalue weighted by Gasteiger charge is 2.37. The van der Waals surface area contributed by atoms with Crippen LogP contribution < -0.4 is 15.0 Å². The van der Waals surface area contributed by atoms with Crippen molar-refractivity contribution < 1.29 is 35.5 Å². The van der Waals surface area contributed by atoms with E-state index >= 15 is 4.39 Å². The Labute approximate surface area is 259 Å². The third-order valence-corrected chi connectivity index (χ3v) is 9.91. The van der Waals surface area contributed by atoms with Crippen LogP contribution in [0.2, 0.25) is 0 Å². The number of likely N-dealkylation sites (tertiary alicyclic amines) is 1. The largest absolute Gasteiger partial charge is 0.481 e. The van der Waals surface area contributed by atoms with Gasteiger partial charge in [-0.05, 0) is 55.4 Å². The highest BCUT2D eigenvalue weighted by Crippen LogP contribution is 2.37. The van der Waals surface area contributed by atoms with Gasteiger partial charge in [0.25, 0.3) is 5.91 Å². The molecule has 1 aromatic heterocycles. The van der Waals surface area contributed by atoms with Gasteiger partial charge in [0, 0.05) is 63.4 Å². The van der Waals surface area contributed by atoms with Gasteiger partial charge >= 0.3 is 6.18 Å². The summed E-state index contributed by atoms with van der Waals surface area (Å²) in [6, 6.07) is 10.3. The zero-order valence-electron chi connectivity index (χ0n) is 25.2. The van der Waals surface area contributed by atoms with Crippen LogP contribution >= 0.6 is 0 Å². The Morgan fingerprint density at radius 3 is 2.44 bits per heavy atom. The topological polar surface area (TPSA) is 95.1 Å². The highest BCUT2D eigenvalue weighted by molar-refractivity contribution is 7.91. The van der Waals surface area contributed by atoms with Gasteiger partial charge in [-0.1, -0.05) is 12.1 Å². The number of amides is 1. The molecule has 3 heterocycles. The second-order valence-corrected chi connectivity index (χ2v) is 13.9. The van der Waals surface area contributed by atoms with Crippen LogP contribution in [-0.2, 0) is 22.6 Å². The van der Waals surface area contributed by atoms with Crippen molar-refractivity contribution in [1.82, 2.24) is 14.8 Å². The van der Waals surface area contributed by atoms with Gasteiger partial charge in [-0.25, -0.2) is 17.8 Å². The van der Waals surface area contributed by atoms with Gasteiger partial charge in [0.15, 0.2) is 9.84 Å². The molecule has 0 spiro atoms. The summed E-state index contributed by atoms with van der Waals surface area (Å²) in [5.74, 6) is -1.82. The van der Waals surface area contributed by atoms with E-state index in [4.69, 9.17) is 4.74 Å². The van der Waals surface area contributed by atoms with Crippen LogP contribution in [0.1, 0.15) is 27.9 Å². The van der Waals surface area contributed by atoms with Gasteiger partial charge < -0.3 is 19.9 Å². The molecule has 242 valence electrons. The van der Waals surface area contributed by atoms with Gasteiger partial charge in [0.2, 0.25) is 5.88 Å². The molecule has 5 rings (SSSR count). The fraction of sp³-hybridized carbons (Fsp3) is 0.419. The van der Waals surface area contributed by atoms with Crippen LogP contribution in [0.5, 0.6) is 5.88 Å². The molecular formula is C31H35F4N5O4S. The number of piperazine rings is 1. The molecule has 0 radical (unpaired) electrons. The van der Waals surface area contributed by atoms with Gasteiger partial charge in [0.05, 0.1) is 34.9 Å². The fourth-order valence-corrected chi connectivity index (χ4v) is 6.74. The Hall–Kier alpha value is -3.75. The molecule has 3 aromatic rings. The number of ether oxygens (including phenoxy) is 1. The number of methoxy groups -OCH3 is 1. The number of anilines is 2. The number of benzene rings is 2. The lowest BCUT2D eigenvalue weighted by molar-refractivity contribution is -0.138. The monoisotopic (exact) mass is 649 g/mol. The van der Waals surface area contributed by atoms with Crippen LogP contribution in [0.4, 0.5) is 28.9 Å². The Morgan fingerprint density at radius 2 is 1.80 bits per heavy atom. The van der Waals surface area contributed by atoms with E-state index in [1.165, 1.54) is 19.4 Å². The minimum absolute atomic E-state index is 0.228. The molecule has 0 unspecified atom stereocenters. The summed E-state index contributed by atoms with van der Waals surface area (Å²) < 4.78 is 85.8. The molecule has 2 aliphatic heterocycles. The number of halogens is 4. The molecule has 14 heteroatoms. The summed E-state index contributed by atoms with van der Waals surface area (Å²) in [4.78, 5) is 23.4. The number of hydrogen-bond acceptors (Lipinski definition) is 8. The first-order valence-corrected chi connectivity index (χ1v) is 16.4. The lowest BCUT2D eigenvalue weighted by Crippen LogP contribution is -2.44. The second-order valence-electron chi connectivity index (χ2n) is 11.5. The van der Waals surface area contributed by atoms with E-state index in [1.807, 2.05) is 16.8 Å². The van der Waals surface area contributed by atoms with Crippen molar-refractivity contribution in [1.29, 1.82) is 0 Å². The molecule has 9 nitrogen and oxygen atoms in total. The standard InChI is InChI=1S/C31H35F4N5O4S/c1-38-10-12-40(13-11-38)28-7-5-21(15-27(28)37-30(41)24-17-36-29(44-2)16-25(24)31(33,34)35)23-14-20(4-6-26(23)32)18-39-9-8-22(19-39)45(3,42)43/h4-7,14-17,22H,8-13,18-19H2,1-3H3,(H,37,41)/t22-/m0/s1. The van der Waals surface area contributed by atoms with Crippen molar-refractivity contribution in [3.8, 4) is 17.0 Å². The van der Waals surface area contributed by atoms with E-state index in [2.05, 4.69) is 15.2 Å². The number of nitrogens with one attached hydrogen (secondary N) is 1. The number of alkyl halides is 3. The number of aromatic nitrogens is 1. The average molecular weight is 650 g/mol. The Kier molecular flexibility index (Phi) is 9.38. The lowest BCUT2D eigenvalue weighted by Gasteiger charge is -2.35. The minimum Gasteiger partial charge on any atom is -0.481 e. The predicted octanol–water partition coefficient (Wildman–Crippen LogP) is 4.54. The molecule has 0 bridgehead atoms. The minimum atomic E-state index is -4.84. The van der Waals surface area contributed by atoms with E-state index in [0.717, 1.165) is 24.8 Å². The number of nitrogens with zero attached hydrogens (tertiary/aromatic N) is 4. The molecule has 0 aliphatic carbocycles. The normalized spacial score (nSPS) is 18.3. The van der Waals surface area contributed by atoms with Gasteiger partial charge in [-0.2, -0.15) is 13.2 Å². The predicted molar refractivity (Wildman–Crippen MR) is 164 cm³/mol. The molecule has 2 aliphatic rings. The van der Waals surface area contributed by atoms with Gasteiger partial charge in [-0.15, -0.1) is 0 Å². The second kappa shape index (κ2) is 12.9. The van der Waals surface area contributed by atoms with Crippen molar-refractivity contribution in [2.24, 2.45) is 0 Å². The van der Waals surface area contributed by atoms with Crippen LogP contribution in [0, 0.1) is 5.82 Å². The SMILES string of the molecule is COc1cc(C(F)(F)F)c(C(=O)Nc2cc(-c3cc(CN4CC[C@H](S(C)(=O)=O)C4)ccc3F)ccc2N2CCN(C)CC2)cn1. The Bertz CT molecular complexity index is 1680. The molecule has 2 aromatic carbocycles. The van der Waals surface area contributed by atoms with Crippen LogP contribution in [0.3, 0.4) is 0 Å². The Balaban J connectivity index is 1.48. The van der Waals surface area contributed by atoms with E-state index in [0.29, 0.717) is 56.5 Å². The number of carbonyl (C=O) groups excluding carboxylic acids is 1. The highest BCUT2D eigenvalue weighted by atomic mass is 32.2. The summed E-state index contributed by atoms with van der Waals surface area (Å²) in [5, 5.41) is 2.20. The molecule has 1 amide bonds. The lowest BCUT2D eigenvalue weighted by atomic mass is 10.00. The maximum Gasteiger partial charge on any atom is 0.417 e. The third kappa shape index (κ3) is 7.56. The van der Waals surface area contributed by atoms with E-state index in [1.54, 1.807) is 30.3 Å². The molecule has 1 N–H and O–H groups in total. The quantitative estimate of drug-likeness (QED) is 0.356. The zero-order chi connectivity index (χ0) is 32.5. The molecule has 2 saturated heterocycles. The van der Waals surface area contributed by atoms with Crippen molar-refractivity contribution in [3.63, 3.8) is 0 Å². The zero-order valence-corrected chi connectivity index (χ0v) is 26.0. The maximum absolute atomic E-state index is 15.3. The molecular weight excluding hydrogens is 614 g/mol. The number of hydrogen-bond donors (Lipinski definition) is 1. The first-order chi connectivity index (χ1) is 21.2. The number of likely N-dealkylation sites (N-methyl/N-ethyl adjacent to an activating group) is 1. The van der Waals surface area contributed by atoms with Crippen LogP contribution in [0.25, 0.3) is 11.1 Å². The fourth-order valence-electron chi connectivity index (χ4n) is 5.72. The number of sulfone groups is 1. The number of rotatable bonds is 8. The van der Waals surface area contributed by atoms with E-state index in [9.17, 15) is 26.4 Å².